The number of hydrogen-bond donors (Lipinski definition) is 1. The monoisotopic (exact) mass is 255 g/mol. The van der Waals surface area contributed by atoms with E-state index in [1.54, 1.807) is 0 Å². The maximum Gasteiger partial charge on any atom is 0.0400 e. The van der Waals surface area contributed by atoms with Gasteiger partial charge in [0, 0.05) is 12.2 Å². The van der Waals surface area contributed by atoms with Crippen molar-refractivity contribution in [2.24, 2.45) is 0 Å². The second-order valence-corrected chi connectivity index (χ2v) is 5.73. The first-order valence-corrected chi connectivity index (χ1v) is 7.23. The van der Waals surface area contributed by atoms with E-state index in [9.17, 15) is 0 Å². The molecule has 1 heteroatoms. The highest BCUT2D eigenvalue weighted by Crippen LogP contribution is 2.43. The van der Waals surface area contributed by atoms with E-state index in [2.05, 4.69) is 51.4 Å². The lowest BCUT2D eigenvalue weighted by Crippen LogP contribution is -2.12. The predicted octanol–water partition coefficient (Wildman–Crippen LogP) is 4.92. The molecular formula is C18H25N. The van der Waals surface area contributed by atoms with E-state index in [4.69, 9.17) is 0 Å². The average molecular weight is 255 g/mol. The summed E-state index contributed by atoms with van der Waals surface area (Å²) in [5.41, 5.74) is 7.87. The van der Waals surface area contributed by atoms with Gasteiger partial charge in [0.1, 0.15) is 0 Å². The molecular weight excluding hydrogens is 230 g/mol. The minimum Gasteiger partial charge on any atom is -0.385 e. The van der Waals surface area contributed by atoms with Crippen LogP contribution in [0.3, 0.4) is 0 Å². The molecule has 1 N–H and O–H groups in total. The number of benzene rings is 1. The molecule has 0 spiro atoms. The minimum atomic E-state index is 0.776. The molecule has 102 valence electrons. The van der Waals surface area contributed by atoms with Gasteiger partial charge in [-0.2, -0.15) is 0 Å². The van der Waals surface area contributed by atoms with Gasteiger partial charge in [-0.25, -0.2) is 0 Å². The molecule has 0 heterocycles. The van der Waals surface area contributed by atoms with Gasteiger partial charge in [-0.3, -0.25) is 0 Å². The first kappa shape index (κ1) is 13.9. The van der Waals surface area contributed by atoms with Crippen LogP contribution in [0.4, 0.5) is 0 Å². The van der Waals surface area contributed by atoms with Crippen molar-refractivity contribution in [3.05, 3.63) is 53.2 Å². The Balaban J connectivity index is 2.26. The second kappa shape index (κ2) is 5.64. The van der Waals surface area contributed by atoms with Crippen molar-refractivity contribution in [3.63, 3.8) is 0 Å². The van der Waals surface area contributed by atoms with Crippen LogP contribution in [0, 0.1) is 6.92 Å². The molecule has 2 rings (SSSR count). The van der Waals surface area contributed by atoms with Crippen LogP contribution in [0.2, 0.25) is 0 Å². The van der Waals surface area contributed by atoms with Gasteiger partial charge in [0.2, 0.25) is 0 Å². The Hall–Kier alpha value is -1.50. The van der Waals surface area contributed by atoms with Crippen molar-refractivity contribution in [2.45, 2.75) is 52.5 Å². The number of nitrogens with one attached hydrogen (secondary N) is 1. The first-order chi connectivity index (χ1) is 9.02. The molecule has 0 unspecified atom stereocenters. The molecule has 0 radical (unpaired) electrons. The van der Waals surface area contributed by atoms with Crippen LogP contribution in [0.25, 0.3) is 5.57 Å². The maximum absolute atomic E-state index is 4.14. The third kappa shape index (κ3) is 3.28. The lowest BCUT2D eigenvalue weighted by atomic mass is 9.93. The molecule has 19 heavy (non-hydrogen) atoms. The molecule has 0 saturated heterocycles. The van der Waals surface area contributed by atoms with Crippen molar-refractivity contribution >= 4 is 5.57 Å². The van der Waals surface area contributed by atoms with Crippen molar-refractivity contribution in [3.8, 4) is 0 Å². The number of rotatable bonds is 6. The third-order valence-electron chi connectivity index (χ3n) is 3.94. The van der Waals surface area contributed by atoms with E-state index in [0.717, 1.165) is 24.6 Å². The largest absolute Gasteiger partial charge is 0.385 e. The standard InChI is InChI=1S/C18H25N/c1-6-14(5)19-11-16-10-17(12(2)3)18(9-13(16)4)15-7-8-15/h9-10,15,19H,2,5-8,11H2,1,3-4H3. The summed E-state index contributed by atoms with van der Waals surface area (Å²) in [6.07, 6.45) is 3.65. The summed E-state index contributed by atoms with van der Waals surface area (Å²) in [5, 5.41) is 3.40. The summed E-state index contributed by atoms with van der Waals surface area (Å²) in [4.78, 5) is 0. The molecule has 1 saturated carbocycles. The maximum atomic E-state index is 4.14. The van der Waals surface area contributed by atoms with Crippen LogP contribution in [-0.2, 0) is 6.54 Å². The van der Waals surface area contributed by atoms with Crippen LogP contribution in [0.15, 0.2) is 31.0 Å². The lowest BCUT2D eigenvalue weighted by molar-refractivity contribution is 0.772. The van der Waals surface area contributed by atoms with E-state index in [0.29, 0.717) is 0 Å². The summed E-state index contributed by atoms with van der Waals surface area (Å²) >= 11 is 0. The second-order valence-electron chi connectivity index (χ2n) is 5.73. The molecule has 1 aromatic rings. The van der Waals surface area contributed by atoms with Gasteiger partial charge < -0.3 is 5.32 Å². The van der Waals surface area contributed by atoms with Gasteiger partial charge in [-0.05, 0) is 67.3 Å². The molecule has 1 aromatic carbocycles. The van der Waals surface area contributed by atoms with E-state index >= 15 is 0 Å². The predicted molar refractivity (Wildman–Crippen MR) is 84.1 cm³/mol. The Morgan fingerprint density at radius 1 is 1.32 bits per heavy atom. The summed E-state index contributed by atoms with van der Waals surface area (Å²) in [6, 6.07) is 4.69. The van der Waals surface area contributed by atoms with Gasteiger partial charge in [0.05, 0.1) is 0 Å². The van der Waals surface area contributed by atoms with Crippen LogP contribution >= 0.6 is 0 Å². The van der Waals surface area contributed by atoms with E-state index in [-0.39, 0.29) is 0 Å². The van der Waals surface area contributed by atoms with Crippen LogP contribution < -0.4 is 5.32 Å². The van der Waals surface area contributed by atoms with Crippen molar-refractivity contribution in [2.75, 3.05) is 0 Å². The number of allylic oxidation sites excluding steroid dienone is 2. The Labute approximate surface area is 117 Å². The topological polar surface area (TPSA) is 12.0 Å². The molecule has 0 atom stereocenters. The van der Waals surface area contributed by atoms with Gasteiger partial charge in [-0.15, -0.1) is 0 Å². The summed E-state index contributed by atoms with van der Waals surface area (Å²) in [5.74, 6) is 0.776. The highest BCUT2D eigenvalue weighted by atomic mass is 14.9. The van der Waals surface area contributed by atoms with Gasteiger partial charge >= 0.3 is 0 Å². The fraction of sp³-hybridized carbons (Fsp3) is 0.444. The number of hydrogen-bond acceptors (Lipinski definition) is 1. The van der Waals surface area contributed by atoms with Crippen molar-refractivity contribution in [1.82, 2.24) is 5.32 Å². The number of aryl methyl sites for hydroxylation is 1. The Morgan fingerprint density at radius 3 is 2.53 bits per heavy atom. The average Bonchev–Trinajstić information content (AvgIpc) is 3.20. The first-order valence-electron chi connectivity index (χ1n) is 7.23. The minimum absolute atomic E-state index is 0.776. The highest BCUT2D eigenvalue weighted by Gasteiger charge is 2.26. The summed E-state index contributed by atoms with van der Waals surface area (Å²) in [6.45, 7) is 15.4. The fourth-order valence-electron chi connectivity index (χ4n) is 2.41. The molecule has 0 aromatic heterocycles. The molecule has 0 amide bonds. The third-order valence-corrected chi connectivity index (χ3v) is 3.94. The normalized spacial score (nSPS) is 14.3. The Bertz CT molecular complexity index is 507. The zero-order valence-electron chi connectivity index (χ0n) is 12.5. The zero-order chi connectivity index (χ0) is 14.0. The summed E-state index contributed by atoms with van der Waals surface area (Å²) in [7, 11) is 0. The quantitative estimate of drug-likeness (QED) is 0.761. The van der Waals surface area contributed by atoms with Gasteiger partial charge in [-0.1, -0.05) is 31.7 Å². The lowest BCUT2D eigenvalue weighted by Gasteiger charge is -2.16. The molecule has 1 fully saturated rings. The smallest absolute Gasteiger partial charge is 0.0400 e. The molecule has 1 aliphatic rings. The van der Waals surface area contributed by atoms with Crippen molar-refractivity contribution < 1.29 is 0 Å². The van der Waals surface area contributed by atoms with Gasteiger partial charge in [0.25, 0.3) is 0 Å². The molecule has 1 nitrogen and oxygen atoms in total. The SMILES string of the molecule is C=C(CC)NCc1cc(C(=C)C)c(C2CC2)cc1C. The molecule has 1 aliphatic carbocycles. The van der Waals surface area contributed by atoms with E-state index in [1.807, 2.05) is 0 Å². The fourth-order valence-corrected chi connectivity index (χ4v) is 2.41. The Morgan fingerprint density at radius 2 is 2.00 bits per heavy atom. The van der Waals surface area contributed by atoms with Crippen LogP contribution in [0.5, 0.6) is 0 Å². The zero-order valence-corrected chi connectivity index (χ0v) is 12.5. The van der Waals surface area contributed by atoms with E-state index < -0.39 is 0 Å². The van der Waals surface area contributed by atoms with Gasteiger partial charge in [0.15, 0.2) is 0 Å². The van der Waals surface area contributed by atoms with Crippen LogP contribution in [0.1, 0.15) is 61.3 Å². The van der Waals surface area contributed by atoms with Crippen molar-refractivity contribution in [1.29, 1.82) is 0 Å². The molecule has 0 aliphatic heterocycles. The molecule has 0 bridgehead atoms. The van der Waals surface area contributed by atoms with Crippen LogP contribution in [-0.4, -0.2) is 0 Å². The summed E-state index contributed by atoms with van der Waals surface area (Å²) < 4.78 is 0. The van der Waals surface area contributed by atoms with E-state index in [1.165, 1.54) is 40.7 Å². The highest BCUT2D eigenvalue weighted by molar-refractivity contribution is 5.67. The Kier molecular flexibility index (Phi) is 4.14.